The Kier molecular flexibility index (Phi) is 7.11. The molecule has 37 heavy (non-hydrogen) atoms. The number of aromatic nitrogens is 4. The fourth-order valence-electron chi connectivity index (χ4n) is 4.08. The van der Waals surface area contributed by atoms with E-state index in [1.54, 1.807) is 11.3 Å². The standard InChI is InChI=1S/C27H26N8S2/c1-3-9-19(10-4-1)28-24-32-25(29-20-11-5-2-6-12-20)34-26(33-24)30-21-13-14-22-23(17-21)37-27(31-22)36-18-35-15-7-8-16-35/h1-6,9-14,17H,7-8,15-16,18H2,(H3,28,29,30,32,33,34). The summed E-state index contributed by atoms with van der Waals surface area (Å²) in [6.45, 7) is 2.39. The minimum Gasteiger partial charge on any atom is -0.324 e. The lowest BCUT2D eigenvalue weighted by Gasteiger charge is -2.11. The molecule has 3 heterocycles. The fourth-order valence-corrected chi connectivity index (χ4v) is 6.19. The lowest BCUT2D eigenvalue weighted by molar-refractivity contribution is 0.401. The lowest BCUT2D eigenvalue weighted by Crippen LogP contribution is -2.17. The zero-order valence-electron chi connectivity index (χ0n) is 20.1. The minimum absolute atomic E-state index is 0.444. The van der Waals surface area contributed by atoms with Crippen LogP contribution in [0.25, 0.3) is 10.2 Å². The van der Waals surface area contributed by atoms with Gasteiger partial charge in [0.05, 0.1) is 16.1 Å². The van der Waals surface area contributed by atoms with E-state index in [-0.39, 0.29) is 0 Å². The van der Waals surface area contributed by atoms with Gasteiger partial charge in [-0.3, -0.25) is 4.90 Å². The van der Waals surface area contributed by atoms with Crippen molar-refractivity contribution in [2.45, 2.75) is 17.2 Å². The van der Waals surface area contributed by atoms with Crippen molar-refractivity contribution in [2.24, 2.45) is 0 Å². The van der Waals surface area contributed by atoms with Crippen LogP contribution >= 0.6 is 23.1 Å². The van der Waals surface area contributed by atoms with E-state index in [0.29, 0.717) is 17.8 Å². The number of anilines is 6. The summed E-state index contributed by atoms with van der Waals surface area (Å²) in [5.74, 6) is 2.34. The Morgan fingerprint density at radius 3 is 1.84 bits per heavy atom. The molecule has 0 bridgehead atoms. The Morgan fingerprint density at radius 2 is 1.24 bits per heavy atom. The number of likely N-dealkylation sites (tertiary alicyclic amines) is 1. The molecule has 0 spiro atoms. The first-order valence-electron chi connectivity index (χ1n) is 12.2. The SMILES string of the molecule is c1ccc(Nc2nc(Nc3ccccc3)nc(Nc3ccc4nc(SCN5CCCC5)sc4c3)n2)cc1. The highest BCUT2D eigenvalue weighted by Gasteiger charge is 2.14. The molecule has 0 saturated carbocycles. The van der Waals surface area contributed by atoms with E-state index in [9.17, 15) is 0 Å². The van der Waals surface area contributed by atoms with Crippen molar-refractivity contribution in [3.05, 3.63) is 78.9 Å². The molecule has 0 radical (unpaired) electrons. The summed E-state index contributed by atoms with van der Waals surface area (Å²) in [4.78, 5) is 21.1. The van der Waals surface area contributed by atoms with Crippen molar-refractivity contribution in [1.29, 1.82) is 0 Å². The quantitative estimate of drug-likeness (QED) is 0.178. The van der Waals surface area contributed by atoms with Crippen molar-refractivity contribution < 1.29 is 0 Å². The average molecular weight is 527 g/mol. The molecule has 0 aliphatic carbocycles. The normalized spacial score (nSPS) is 13.6. The molecule has 1 aliphatic heterocycles. The molecule has 10 heteroatoms. The van der Waals surface area contributed by atoms with Gasteiger partial charge in [0.15, 0.2) is 4.34 Å². The number of hydrogen-bond donors (Lipinski definition) is 3. The van der Waals surface area contributed by atoms with E-state index in [1.165, 1.54) is 25.9 Å². The summed E-state index contributed by atoms with van der Waals surface area (Å²) < 4.78 is 2.23. The molecule has 8 nitrogen and oxygen atoms in total. The highest BCUT2D eigenvalue weighted by molar-refractivity contribution is 8.01. The van der Waals surface area contributed by atoms with Crippen LogP contribution in [0.4, 0.5) is 34.9 Å². The first-order chi connectivity index (χ1) is 18.3. The van der Waals surface area contributed by atoms with Gasteiger partial charge in [0.2, 0.25) is 17.8 Å². The van der Waals surface area contributed by atoms with Gasteiger partial charge in [0.25, 0.3) is 0 Å². The summed E-state index contributed by atoms with van der Waals surface area (Å²) in [6.07, 6.45) is 2.61. The molecule has 0 atom stereocenters. The number of hydrogen-bond acceptors (Lipinski definition) is 10. The van der Waals surface area contributed by atoms with Crippen molar-refractivity contribution >= 4 is 68.2 Å². The van der Waals surface area contributed by atoms with E-state index >= 15 is 0 Å². The van der Waals surface area contributed by atoms with Crippen LogP contribution in [0.1, 0.15) is 12.8 Å². The smallest absolute Gasteiger partial charge is 0.233 e. The Balaban J connectivity index is 1.23. The molecular formula is C27H26N8S2. The molecule has 3 N–H and O–H groups in total. The predicted octanol–water partition coefficient (Wildman–Crippen LogP) is 6.86. The molecule has 6 rings (SSSR count). The van der Waals surface area contributed by atoms with Crippen LogP contribution < -0.4 is 16.0 Å². The predicted molar refractivity (Wildman–Crippen MR) is 154 cm³/mol. The molecule has 0 unspecified atom stereocenters. The average Bonchev–Trinajstić information content (AvgIpc) is 3.58. The summed E-state index contributed by atoms with van der Waals surface area (Å²) in [5, 5.41) is 9.89. The highest BCUT2D eigenvalue weighted by atomic mass is 32.2. The number of fused-ring (bicyclic) bond motifs is 1. The Hall–Kier alpha value is -3.73. The van der Waals surface area contributed by atoms with E-state index in [4.69, 9.17) is 4.98 Å². The van der Waals surface area contributed by atoms with Gasteiger partial charge in [0, 0.05) is 17.1 Å². The van der Waals surface area contributed by atoms with Crippen molar-refractivity contribution in [2.75, 3.05) is 34.9 Å². The Bertz CT molecular complexity index is 1410. The first kappa shape index (κ1) is 23.7. The van der Waals surface area contributed by atoms with Crippen molar-refractivity contribution in [1.82, 2.24) is 24.8 Å². The maximum absolute atomic E-state index is 4.81. The first-order valence-corrected chi connectivity index (χ1v) is 14.0. The van der Waals surface area contributed by atoms with Gasteiger partial charge in [-0.2, -0.15) is 15.0 Å². The van der Waals surface area contributed by atoms with Crippen LogP contribution in [-0.4, -0.2) is 43.8 Å². The van der Waals surface area contributed by atoms with Gasteiger partial charge < -0.3 is 16.0 Å². The van der Waals surface area contributed by atoms with Crippen LogP contribution in [0.5, 0.6) is 0 Å². The summed E-state index contributed by atoms with van der Waals surface area (Å²) in [7, 11) is 0. The van der Waals surface area contributed by atoms with Gasteiger partial charge >= 0.3 is 0 Å². The zero-order chi connectivity index (χ0) is 24.9. The second-order valence-corrected chi connectivity index (χ2v) is 10.9. The van der Waals surface area contributed by atoms with E-state index in [1.807, 2.05) is 84.6 Å². The highest BCUT2D eigenvalue weighted by Crippen LogP contribution is 2.33. The largest absolute Gasteiger partial charge is 0.324 e. The lowest BCUT2D eigenvalue weighted by atomic mass is 10.3. The third kappa shape index (κ3) is 6.16. The van der Waals surface area contributed by atoms with Crippen LogP contribution in [-0.2, 0) is 0 Å². The van der Waals surface area contributed by atoms with Crippen molar-refractivity contribution in [3.63, 3.8) is 0 Å². The monoisotopic (exact) mass is 526 g/mol. The fraction of sp³-hybridized carbons (Fsp3) is 0.185. The van der Waals surface area contributed by atoms with Crippen LogP contribution in [0.3, 0.4) is 0 Å². The molecule has 0 amide bonds. The molecule has 1 saturated heterocycles. The van der Waals surface area contributed by atoms with E-state index < -0.39 is 0 Å². The maximum atomic E-state index is 4.81. The van der Waals surface area contributed by atoms with E-state index in [0.717, 1.165) is 37.5 Å². The van der Waals surface area contributed by atoms with Crippen LogP contribution in [0.15, 0.2) is 83.2 Å². The van der Waals surface area contributed by atoms with Gasteiger partial charge in [-0.05, 0) is 68.4 Å². The molecule has 5 aromatic rings. The number of nitrogens with one attached hydrogen (secondary N) is 3. The number of para-hydroxylation sites is 2. The molecule has 3 aromatic carbocycles. The zero-order valence-corrected chi connectivity index (χ0v) is 21.7. The Labute approximate surface area is 223 Å². The topological polar surface area (TPSA) is 90.9 Å². The van der Waals surface area contributed by atoms with E-state index in [2.05, 4.69) is 41.9 Å². The molecular weight excluding hydrogens is 500 g/mol. The number of thioether (sulfide) groups is 1. The van der Waals surface area contributed by atoms with Gasteiger partial charge in [-0.25, -0.2) is 4.98 Å². The summed E-state index contributed by atoms with van der Waals surface area (Å²) in [5.41, 5.74) is 3.70. The third-order valence-electron chi connectivity index (χ3n) is 5.89. The molecule has 1 aliphatic rings. The van der Waals surface area contributed by atoms with Gasteiger partial charge in [-0.1, -0.05) is 48.2 Å². The number of benzene rings is 3. The van der Waals surface area contributed by atoms with Crippen LogP contribution in [0.2, 0.25) is 0 Å². The number of thiazole rings is 1. The third-order valence-corrected chi connectivity index (χ3v) is 8.14. The van der Waals surface area contributed by atoms with Crippen molar-refractivity contribution in [3.8, 4) is 0 Å². The second kappa shape index (κ2) is 11.1. The molecule has 2 aromatic heterocycles. The Morgan fingerprint density at radius 1 is 0.676 bits per heavy atom. The maximum Gasteiger partial charge on any atom is 0.233 e. The van der Waals surface area contributed by atoms with Gasteiger partial charge in [-0.15, -0.1) is 11.3 Å². The minimum atomic E-state index is 0.444. The number of rotatable bonds is 9. The summed E-state index contributed by atoms with van der Waals surface area (Å²) in [6, 6.07) is 25.8. The molecule has 1 fully saturated rings. The van der Waals surface area contributed by atoms with Crippen LogP contribution in [0, 0.1) is 0 Å². The second-order valence-electron chi connectivity index (χ2n) is 8.67. The number of nitrogens with zero attached hydrogens (tertiary/aromatic N) is 5. The molecule has 186 valence electrons. The van der Waals surface area contributed by atoms with Gasteiger partial charge in [0.1, 0.15) is 0 Å². The summed E-state index contributed by atoms with van der Waals surface area (Å²) >= 11 is 3.54.